The number of rotatable bonds is 0. The van der Waals surface area contributed by atoms with Gasteiger partial charge in [0.2, 0.25) is 0 Å². The van der Waals surface area contributed by atoms with E-state index in [1.54, 1.807) is 0 Å². The van der Waals surface area contributed by atoms with Crippen molar-refractivity contribution in [2.45, 2.75) is 69.5 Å². The van der Waals surface area contributed by atoms with Crippen LogP contribution in [0.15, 0.2) is 12.1 Å². The van der Waals surface area contributed by atoms with Crippen molar-refractivity contribution in [1.29, 1.82) is 0 Å². The summed E-state index contributed by atoms with van der Waals surface area (Å²) in [5.74, 6) is -0.594. The molecule has 26 heavy (non-hydrogen) atoms. The molecule has 0 radical (unpaired) electrons. The Kier molecular flexibility index (Phi) is 3.10. The Balaban J connectivity index is 1.84. The quantitative estimate of drug-likeness (QED) is 0.778. The van der Waals surface area contributed by atoms with Gasteiger partial charge in [-0.3, -0.25) is 9.59 Å². The number of carbonyl (C=O) groups excluding carboxylic acids is 2. The molecule has 4 heteroatoms. The highest BCUT2D eigenvalue weighted by molar-refractivity contribution is 6.10. The molecule has 1 aliphatic heterocycles. The Labute approximate surface area is 153 Å². The van der Waals surface area contributed by atoms with Crippen LogP contribution in [0, 0.1) is 11.8 Å². The molecule has 3 aliphatic carbocycles. The highest BCUT2D eigenvalue weighted by Gasteiger charge is 2.69. The van der Waals surface area contributed by atoms with Crippen LogP contribution in [0.5, 0.6) is 0 Å². The highest BCUT2D eigenvalue weighted by Crippen LogP contribution is 2.61. The third kappa shape index (κ3) is 1.77. The summed E-state index contributed by atoms with van der Waals surface area (Å²) in [4.78, 5) is 26.1. The lowest BCUT2D eigenvalue weighted by atomic mass is 9.53. The van der Waals surface area contributed by atoms with Gasteiger partial charge in [-0.25, -0.2) is 0 Å². The molecule has 0 amide bonds. The number of hydrogen-bond acceptors (Lipinski definition) is 4. The van der Waals surface area contributed by atoms with E-state index >= 15 is 0 Å². The third-order valence-electron chi connectivity index (χ3n) is 7.46. The zero-order chi connectivity index (χ0) is 18.5. The van der Waals surface area contributed by atoms with Crippen LogP contribution in [0.4, 0.5) is 0 Å². The molecule has 1 N–H and O–H groups in total. The lowest BCUT2D eigenvalue weighted by Gasteiger charge is -2.53. The second-order valence-electron chi connectivity index (χ2n) is 9.55. The summed E-state index contributed by atoms with van der Waals surface area (Å²) >= 11 is 0. The number of benzene rings is 1. The standard InChI is InChI=1S/C22H26O4/c1-12-11-26-22-10-13(23)9-21(25,18(12)22)19(24)17-14-5-4-8-20(2,3)15(14)6-7-16(17)22/h6-7,12,18,25H,4-5,8-11H2,1-3H3/t12-,18-,21+,22+/m0/s1. The van der Waals surface area contributed by atoms with Crippen molar-refractivity contribution in [2.24, 2.45) is 11.8 Å². The number of hydrogen-bond donors (Lipinski definition) is 1. The van der Waals surface area contributed by atoms with Crippen molar-refractivity contribution >= 4 is 11.6 Å². The maximum atomic E-state index is 13.6. The van der Waals surface area contributed by atoms with Crippen LogP contribution in [0.25, 0.3) is 0 Å². The molecule has 4 nitrogen and oxygen atoms in total. The molecule has 138 valence electrons. The van der Waals surface area contributed by atoms with E-state index in [0.29, 0.717) is 12.2 Å². The largest absolute Gasteiger partial charge is 0.381 e. The van der Waals surface area contributed by atoms with Gasteiger partial charge in [-0.05, 0) is 47.3 Å². The van der Waals surface area contributed by atoms with Crippen molar-refractivity contribution in [3.63, 3.8) is 0 Å². The van der Waals surface area contributed by atoms with E-state index in [4.69, 9.17) is 4.74 Å². The van der Waals surface area contributed by atoms with E-state index < -0.39 is 11.2 Å². The molecule has 1 heterocycles. The number of fused-ring (bicyclic) bond motifs is 3. The fourth-order valence-corrected chi connectivity index (χ4v) is 6.48. The second kappa shape index (κ2) is 4.85. The number of ketones is 2. The van der Waals surface area contributed by atoms with Crippen LogP contribution in [0.3, 0.4) is 0 Å². The fourth-order valence-electron chi connectivity index (χ4n) is 6.48. The van der Waals surface area contributed by atoms with Crippen molar-refractivity contribution in [2.75, 3.05) is 6.61 Å². The van der Waals surface area contributed by atoms with Gasteiger partial charge in [-0.2, -0.15) is 0 Å². The van der Waals surface area contributed by atoms with Gasteiger partial charge in [0.1, 0.15) is 17.0 Å². The van der Waals surface area contributed by atoms with E-state index in [9.17, 15) is 14.7 Å². The van der Waals surface area contributed by atoms with Crippen molar-refractivity contribution in [3.8, 4) is 0 Å². The molecule has 0 spiro atoms. The monoisotopic (exact) mass is 354 g/mol. The molecule has 1 saturated heterocycles. The summed E-state index contributed by atoms with van der Waals surface area (Å²) in [7, 11) is 0. The number of aliphatic hydroxyl groups is 1. The Bertz CT molecular complexity index is 854. The van der Waals surface area contributed by atoms with Crippen LogP contribution >= 0.6 is 0 Å². The summed E-state index contributed by atoms with van der Waals surface area (Å²) in [5.41, 5.74) is 1.39. The van der Waals surface area contributed by atoms with Gasteiger partial charge in [0.25, 0.3) is 0 Å². The molecule has 4 atom stereocenters. The Morgan fingerprint density at radius 1 is 1.15 bits per heavy atom. The summed E-state index contributed by atoms with van der Waals surface area (Å²) in [6.45, 7) is 6.94. The van der Waals surface area contributed by atoms with Gasteiger partial charge in [-0.15, -0.1) is 0 Å². The van der Waals surface area contributed by atoms with Crippen LogP contribution in [-0.4, -0.2) is 28.9 Å². The first-order chi connectivity index (χ1) is 12.2. The number of carbonyl (C=O) groups is 2. The van der Waals surface area contributed by atoms with Crippen LogP contribution in [-0.2, 0) is 27.0 Å². The minimum absolute atomic E-state index is 0.0226. The van der Waals surface area contributed by atoms with E-state index in [1.165, 1.54) is 5.56 Å². The molecule has 2 bridgehead atoms. The molecule has 1 aromatic carbocycles. The van der Waals surface area contributed by atoms with Gasteiger partial charge in [0.15, 0.2) is 5.78 Å². The zero-order valence-electron chi connectivity index (χ0n) is 15.7. The van der Waals surface area contributed by atoms with Crippen molar-refractivity contribution in [1.82, 2.24) is 0 Å². The minimum Gasteiger partial charge on any atom is -0.381 e. The number of ether oxygens (including phenoxy) is 1. The fraction of sp³-hybridized carbons (Fsp3) is 0.636. The lowest BCUT2D eigenvalue weighted by Crippen LogP contribution is -2.64. The summed E-state index contributed by atoms with van der Waals surface area (Å²) < 4.78 is 6.25. The first kappa shape index (κ1) is 16.6. The highest BCUT2D eigenvalue weighted by atomic mass is 16.5. The van der Waals surface area contributed by atoms with E-state index in [-0.39, 0.29) is 41.7 Å². The van der Waals surface area contributed by atoms with Crippen molar-refractivity contribution in [3.05, 3.63) is 34.4 Å². The average molecular weight is 354 g/mol. The maximum Gasteiger partial charge on any atom is 0.195 e. The molecule has 1 aromatic rings. The Morgan fingerprint density at radius 2 is 1.88 bits per heavy atom. The molecule has 4 aliphatic rings. The van der Waals surface area contributed by atoms with E-state index in [1.807, 2.05) is 13.0 Å². The van der Waals surface area contributed by atoms with Gasteiger partial charge < -0.3 is 9.84 Å². The normalized spacial score (nSPS) is 40.0. The van der Waals surface area contributed by atoms with Gasteiger partial charge in [-0.1, -0.05) is 32.9 Å². The number of Topliss-reactive ketones (excluding diaryl/α,β-unsaturated/α-hetero) is 2. The molecular formula is C22H26O4. The summed E-state index contributed by atoms with van der Waals surface area (Å²) in [6.07, 6.45) is 3.19. The lowest BCUT2D eigenvalue weighted by molar-refractivity contribution is -0.158. The molecule has 5 rings (SSSR count). The van der Waals surface area contributed by atoms with Crippen LogP contribution in [0.2, 0.25) is 0 Å². The smallest absolute Gasteiger partial charge is 0.195 e. The van der Waals surface area contributed by atoms with E-state index in [2.05, 4.69) is 19.9 Å². The summed E-state index contributed by atoms with van der Waals surface area (Å²) in [6, 6.07) is 4.16. The second-order valence-corrected chi connectivity index (χ2v) is 9.55. The first-order valence-electron chi connectivity index (χ1n) is 9.80. The zero-order valence-corrected chi connectivity index (χ0v) is 15.7. The third-order valence-corrected chi connectivity index (χ3v) is 7.46. The maximum absolute atomic E-state index is 13.6. The molecular weight excluding hydrogens is 328 g/mol. The van der Waals surface area contributed by atoms with Gasteiger partial charge >= 0.3 is 0 Å². The van der Waals surface area contributed by atoms with E-state index in [0.717, 1.165) is 30.4 Å². The SMILES string of the molecule is C[C@H]1CO[C@]23CC(=O)C[C@](O)(C(=O)c4c2ccc2c4CCCC2(C)C)[C@H]13. The van der Waals surface area contributed by atoms with Gasteiger partial charge in [0.05, 0.1) is 6.61 Å². The first-order valence-corrected chi connectivity index (χ1v) is 9.80. The van der Waals surface area contributed by atoms with Crippen molar-refractivity contribution < 1.29 is 19.4 Å². The van der Waals surface area contributed by atoms with Gasteiger partial charge in [0, 0.05) is 24.3 Å². The topological polar surface area (TPSA) is 63.6 Å². The minimum atomic E-state index is -1.62. The van der Waals surface area contributed by atoms with Crippen LogP contribution in [0.1, 0.15) is 73.5 Å². The predicted molar refractivity (Wildman–Crippen MR) is 96.2 cm³/mol. The molecule has 2 fully saturated rings. The van der Waals surface area contributed by atoms with Crippen LogP contribution < -0.4 is 0 Å². The Hall–Kier alpha value is -1.52. The summed E-state index contributed by atoms with van der Waals surface area (Å²) in [5, 5.41) is 11.5. The molecule has 0 unspecified atom stereocenters. The predicted octanol–water partition coefficient (Wildman–Crippen LogP) is 3.07. The molecule has 1 saturated carbocycles. The average Bonchev–Trinajstić information content (AvgIpc) is 2.91. The Morgan fingerprint density at radius 3 is 2.65 bits per heavy atom. The molecule has 0 aromatic heterocycles.